The summed E-state index contributed by atoms with van der Waals surface area (Å²) in [6, 6.07) is 9.91. The Kier molecular flexibility index (Phi) is 6.21. The number of carbonyl (C=O) groups excluding carboxylic acids is 1. The molecule has 2 atom stereocenters. The van der Waals surface area contributed by atoms with E-state index < -0.39 is 6.04 Å². The maximum Gasteiger partial charge on any atom is 0.237 e. The smallest absolute Gasteiger partial charge is 0.237 e. The van der Waals surface area contributed by atoms with Gasteiger partial charge in [0.05, 0.1) is 6.04 Å². The molecule has 0 aliphatic carbocycles. The van der Waals surface area contributed by atoms with Crippen LogP contribution < -0.4 is 11.1 Å². The summed E-state index contributed by atoms with van der Waals surface area (Å²) in [6.45, 7) is 8.17. The Bertz CT molecular complexity index is 414. The quantitative estimate of drug-likeness (QED) is 0.804. The highest BCUT2D eigenvalue weighted by Gasteiger charge is 2.26. The van der Waals surface area contributed by atoms with Gasteiger partial charge in [-0.25, -0.2) is 0 Å². The molecule has 0 aliphatic rings. The van der Waals surface area contributed by atoms with E-state index in [1.807, 2.05) is 25.1 Å². The van der Waals surface area contributed by atoms with Gasteiger partial charge in [0.2, 0.25) is 5.91 Å². The number of amides is 1. The van der Waals surface area contributed by atoms with E-state index in [1.54, 1.807) is 0 Å². The normalized spacial score (nSPS) is 14.7. The largest absolute Gasteiger partial charge is 0.350 e. The summed E-state index contributed by atoms with van der Waals surface area (Å²) in [4.78, 5) is 12.1. The highest BCUT2D eigenvalue weighted by Crippen LogP contribution is 2.15. The minimum absolute atomic E-state index is 0.0441. The second-order valence-corrected chi connectivity index (χ2v) is 6.27. The molecule has 20 heavy (non-hydrogen) atoms. The summed E-state index contributed by atoms with van der Waals surface area (Å²) in [5.41, 5.74) is 7.03. The minimum atomic E-state index is -0.420. The molecule has 0 heterocycles. The number of benzene rings is 1. The molecule has 1 aromatic carbocycles. The van der Waals surface area contributed by atoms with Crippen molar-refractivity contribution in [2.45, 2.75) is 58.5 Å². The van der Waals surface area contributed by atoms with Gasteiger partial charge in [0.25, 0.3) is 0 Å². The van der Waals surface area contributed by atoms with E-state index in [-0.39, 0.29) is 17.4 Å². The number of nitrogens with one attached hydrogen (secondary N) is 1. The molecule has 0 fully saturated rings. The lowest BCUT2D eigenvalue weighted by molar-refractivity contribution is -0.125. The Hall–Kier alpha value is -1.35. The minimum Gasteiger partial charge on any atom is -0.350 e. The molecule has 112 valence electrons. The first-order valence-electron chi connectivity index (χ1n) is 7.47. The first-order valence-corrected chi connectivity index (χ1v) is 7.47. The summed E-state index contributed by atoms with van der Waals surface area (Å²) >= 11 is 0. The molecular formula is C17H28N2O. The van der Waals surface area contributed by atoms with E-state index in [9.17, 15) is 4.79 Å². The van der Waals surface area contributed by atoms with Crippen molar-refractivity contribution >= 4 is 5.91 Å². The Morgan fingerprint density at radius 1 is 1.30 bits per heavy atom. The lowest BCUT2D eigenvalue weighted by Crippen LogP contribution is -2.52. The van der Waals surface area contributed by atoms with Gasteiger partial charge in [-0.1, -0.05) is 50.6 Å². The number of hydrogen-bond acceptors (Lipinski definition) is 2. The van der Waals surface area contributed by atoms with Crippen molar-refractivity contribution in [3.8, 4) is 0 Å². The van der Waals surface area contributed by atoms with Crippen molar-refractivity contribution in [3.05, 3.63) is 35.9 Å². The summed E-state index contributed by atoms with van der Waals surface area (Å²) in [6.07, 6.45) is 2.77. The van der Waals surface area contributed by atoms with Crippen LogP contribution in [-0.2, 0) is 11.2 Å². The maximum atomic E-state index is 12.1. The summed E-state index contributed by atoms with van der Waals surface area (Å²) in [5.74, 6) is 0.164. The van der Waals surface area contributed by atoms with Crippen molar-refractivity contribution in [1.29, 1.82) is 0 Å². The second-order valence-electron chi connectivity index (χ2n) is 6.27. The molecular weight excluding hydrogens is 248 g/mol. The van der Waals surface area contributed by atoms with Crippen LogP contribution in [-0.4, -0.2) is 17.5 Å². The van der Waals surface area contributed by atoms with Gasteiger partial charge < -0.3 is 11.1 Å². The highest BCUT2D eigenvalue weighted by atomic mass is 16.2. The van der Waals surface area contributed by atoms with Crippen LogP contribution in [0.25, 0.3) is 0 Å². The van der Waals surface area contributed by atoms with Crippen molar-refractivity contribution in [2.75, 3.05) is 0 Å². The van der Waals surface area contributed by atoms with Crippen LogP contribution in [0, 0.1) is 5.92 Å². The Morgan fingerprint density at radius 3 is 2.45 bits per heavy atom. The average molecular weight is 276 g/mol. The molecule has 1 rings (SSSR count). The maximum absolute atomic E-state index is 12.1. The van der Waals surface area contributed by atoms with Crippen LogP contribution >= 0.6 is 0 Å². The Labute approximate surface area is 122 Å². The van der Waals surface area contributed by atoms with Gasteiger partial charge in [0.15, 0.2) is 0 Å². The monoisotopic (exact) mass is 276 g/mol. The third kappa shape index (κ3) is 5.33. The van der Waals surface area contributed by atoms with E-state index >= 15 is 0 Å². The van der Waals surface area contributed by atoms with E-state index in [1.165, 1.54) is 5.56 Å². The standard InChI is InChI=1S/C17H28N2O/c1-5-13(2)15(18)16(20)19-17(3,4)12-11-14-9-7-6-8-10-14/h6-10,13,15H,5,11-12,18H2,1-4H3,(H,19,20). The Balaban J connectivity index is 2.50. The second kappa shape index (κ2) is 7.44. The van der Waals surface area contributed by atoms with Crippen LogP contribution in [0.2, 0.25) is 0 Å². The van der Waals surface area contributed by atoms with Crippen molar-refractivity contribution in [1.82, 2.24) is 5.32 Å². The fraction of sp³-hybridized carbons (Fsp3) is 0.588. The molecule has 3 N–H and O–H groups in total. The summed E-state index contributed by atoms with van der Waals surface area (Å²) in [7, 11) is 0. The third-order valence-corrected chi connectivity index (χ3v) is 3.90. The van der Waals surface area contributed by atoms with E-state index in [2.05, 4.69) is 38.2 Å². The van der Waals surface area contributed by atoms with Gasteiger partial charge >= 0.3 is 0 Å². The molecule has 0 saturated carbocycles. The van der Waals surface area contributed by atoms with Crippen LogP contribution in [0.1, 0.15) is 46.1 Å². The lowest BCUT2D eigenvalue weighted by Gasteiger charge is -2.29. The predicted molar refractivity (Wildman–Crippen MR) is 84.4 cm³/mol. The topological polar surface area (TPSA) is 55.1 Å². The van der Waals surface area contributed by atoms with Gasteiger partial charge in [-0.2, -0.15) is 0 Å². The molecule has 0 spiro atoms. The van der Waals surface area contributed by atoms with E-state index in [4.69, 9.17) is 5.73 Å². The number of aryl methyl sites for hydroxylation is 1. The van der Waals surface area contributed by atoms with E-state index in [0.717, 1.165) is 19.3 Å². The molecule has 0 bridgehead atoms. The molecule has 1 aromatic rings. The molecule has 1 amide bonds. The van der Waals surface area contributed by atoms with Crippen LogP contribution in [0.4, 0.5) is 0 Å². The number of rotatable bonds is 7. The summed E-state index contributed by atoms with van der Waals surface area (Å²) in [5, 5.41) is 3.08. The third-order valence-electron chi connectivity index (χ3n) is 3.90. The van der Waals surface area contributed by atoms with Gasteiger partial charge in [0, 0.05) is 5.54 Å². The molecule has 0 aliphatic heterocycles. The predicted octanol–water partition coefficient (Wildman–Crippen LogP) is 2.89. The number of carbonyl (C=O) groups is 1. The van der Waals surface area contributed by atoms with Crippen molar-refractivity contribution < 1.29 is 4.79 Å². The van der Waals surface area contributed by atoms with Crippen LogP contribution in [0.5, 0.6) is 0 Å². The molecule has 2 unspecified atom stereocenters. The molecule has 0 radical (unpaired) electrons. The van der Waals surface area contributed by atoms with Gasteiger partial charge in [-0.05, 0) is 38.2 Å². The number of hydrogen-bond donors (Lipinski definition) is 2. The molecule has 3 nitrogen and oxygen atoms in total. The number of nitrogens with two attached hydrogens (primary N) is 1. The molecule has 0 saturated heterocycles. The lowest BCUT2D eigenvalue weighted by atomic mass is 9.93. The van der Waals surface area contributed by atoms with Gasteiger partial charge in [0.1, 0.15) is 0 Å². The first-order chi connectivity index (χ1) is 9.35. The van der Waals surface area contributed by atoms with Crippen molar-refractivity contribution in [3.63, 3.8) is 0 Å². The van der Waals surface area contributed by atoms with E-state index in [0.29, 0.717) is 0 Å². The zero-order valence-corrected chi connectivity index (χ0v) is 13.1. The fourth-order valence-corrected chi connectivity index (χ4v) is 2.09. The van der Waals surface area contributed by atoms with Crippen LogP contribution in [0.15, 0.2) is 30.3 Å². The van der Waals surface area contributed by atoms with Crippen LogP contribution in [0.3, 0.4) is 0 Å². The van der Waals surface area contributed by atoms with Gasteiger partial charge in [-0.15, -0.1) is 0 Å². The average Bonchev–Trinajstić information content (AvgIpc) is 2.44. The fourth-order valence-electron chi connectivity index (χ4n) is 2.09. The van der Waals surface area contributed by atoms with Gasteiger partial charge in [-0.3, -0.25) is 4.79 Å². The zero-order chi connectivity index (χ0) is 15.2. The molecule has 3 heteroatoms. The van der Waals surface area contributed by atoms with Crippen molar-refractivity contribution in [2.24, 2.45) is 11.7 Å². The first kappa shape index (κ1) is 16.7. The Morgan fingerprint density at radius 2 is 1.90 bits per heavy atom. The zero-order valence-electron chi connectivity index (χ0n) is 13.1. The highest BCUT2D eigenvalue weighted by molar-refractivity contribution is 5.82. The molecule has 0 aromatic heterocycles. The summed E-state index contributed by atoms with van der Waals surface area (Å²) < 4.78 is 0. The SMILES string of the molecule is CCC(C)C(N)C(=O)NC(C)(C)CCc1ccccc1.